The Morgan fingerprint density at radius 2 is 1.89 bits per heavy atom. The molecule has 2 heterocycles. The summed E-state index contributed by atoms with van der Waals surface area (Å²) < 4.78 is 10.7. The molecule has 1 aliphatic heterocycles. The van der Waals surface area contributed by atoms with Gasteiger partial charge in [-0.05, 0) is 29.8 Å². The van der Waals surface area contributed by atoms with Gasteiger partial charge in [0.1, 0.15) is 5.82 Å². The number of rotatable bonds is 5. The first-order valence-electron chi connectivity index (χ1n) is 8.61. The lowest BCUT2D eigenvalue weighted by molar-refractivity contribution is 0.0785. The Kier molecular flexibility index (Phi) is 4.61. The summed E-state index contributed by atoms with van der Waals surface area (Å²) in [7, 11) is 1.79. The molecule has 1 aromatic heterocycles. The van der Waals surface area contributed by atoms with Crippen LogP contribution in [0.3, 0.4) is 0 Å². The van der Waals surface area contributed by atoms with Crippen LogP contribution in [0.15, 0.2) is 66.9 Å². The molecule has 6 heteroatoms. The highest BCUT2D eigenvalue weighted by Gasteiger charge is 2.15. The smallest absolute Gasteiger partial charge is 0.254 e. The maximum atomic E-state index is 12.7. The normalized spacial score (nSPS) is 11.9. The monoisotopic (exact) mass is 361 g/mol. The van der Waals surface area contributed by atoms with Crippen LogP contribution in [0.1, 0.15) is 15.9 Å². The van der Waals surface area contributed by atoms with E-state index in [1.807, 2.05) is 48.5 Å². The summed E-state index contributed by atoms with van der Waals surface area (Å²) in [6.07, 6.45) is 1.62. The van der Waals surface area contributed by atoms with Gasteiger partial charge in [0.05, 0.1) is 0 Å². The van der Waals surface area contributed by atoms with Gasteiger partial charge in [-0.2, -0.15) is 0 Å². The van der Waals surface area contributed by atoms with Crippen molar-refractivity contribution in [3.8, 4) is 11.5 Å². The molecule has 0 saturated heterocycles. The van der Waals surface area contributed by atoms with E-state index in [2.05, 4.69) is 10.3 Å². The van der Waals surface area contributed by atoms with E-state index < -0.39 is 0 Å². The molecular formula is C21H19N3O3. The lowest BCUT2D eigenvalue weighted by Gasteiger charge is -2.17. The summed E-state index contributed by atoms with van der Waals surface area (Å²) in [5, 5.41) is 3.20. The summed E-state index contributed by atoms with van der Waals surface area (Å²) in [5.41, 5.74) is 2.47. The van der Waals surface area contributed by atoms with Gasteiger partial charge in [0.25, 0.3) is 5.91 Å². The Bertz CT molecular complexity index is 960. The number of carbonyl (C=O) groups is 1. The zero-order valence-corrected chi connectivity index (χ0v) is 14.9. The van der Waals surface area contributed by atoms with Crippen LogP contribution in [-0.4, -0.2) is 29.6 Å². The van der Waals surface area contributed by atoms with E-state index in [-0.39, 0.29) is 12.7 Å². The van der Waals surface area contributed by atoms with Gasteiger partial charge in [-0.25, -0.2) is 4.98 Å². The Morgan fingerprint density at radius 3 is 2.74 bits per heavy atom. The van der Waals surface area contributed by atoms with Crippen molar-refractivity contribution in [2.45, 2.75) is 6.54 Å². The number of hydrogen-bond donors (Lipinski definition) is 1. The summed E-state index contributed by atoms with van der Waals surface area (Å²) in [4.78, 5) is 18.7. The number of ether oxygens (including phenoxy) is 2. The number of fused-ring (bicyclic) bond motifs is 1. The quantitative estimate of drug-likeness (QED) is 0.748. The average molecular weight is 361 g/mol. The fourth-order valence-corrected chi connectivity index (χ4v) is 2.90. The maximum Gasteiger partial charge on any atom is 0.254 e. The molecule has 6 nitrogen and oxygen atoms in total. The second-order valence-electron chi connectivity index (χ2n) is 6.27. The van der Waals surface area contributed by atoms with E-state index >= 15 is 0 Å². The van der Waals surface area contributed by atoms with Gasteiger partial charge < -0.3 is 19.7 Å². The molecule has 0 bridgehead atoms. The van der Waals surface area contributed by atoms with E-state index in [0.29, 0.717) is 23.7 Å². The molecule has 0 fully saturated rings. The van der Waals surface area contributed by atoms with E-state index in [9.17, 15) is 4.79 Å². The second kappa shape index (κ2) is 7.37. The van der Waals surface area contributed by atoms with Crippen molar-refractivity contribution in [2.75, 3.05) is 19.2 Å². The van der Waals surface area contributed by atoms with Crippen molar-refractivity contribution in [1.82, 2.24) is 9.88 Å². The lowest BCUT2D eigenvalue weighted by atomic mass is 10.2. The van der Waals surface area contributed by atoms with Crippen LogP contribution in [-0.2, 0) is 6.54 Å². The highest BCUT2D eigenvalue weighted by Crippen LogP contribution is 2.34. The number of nitrogens with zero attached hydrogens (tertiary/aromatic N) is 2. The Morgan fingerprint density at radius 1 is 1.07 bits per heavy atom. The third-order valence-corrected chi connectivity index (χ3v) is 4.26. The third kappa shape index (κ3) is 3.84. The van der Waals surface area contributed by atoms with Crippen LogP contribution in [0.25, 0.3) is 0 Å². The molecule has 0 unspecified atom stereocenters. The van der Waals surface area contributed by atoms with Gasteiger partial charge in [-0.15, -0.1) is 0 Å². The van der Waals surface area contributed by atoms with Crippen molar-refractivity contribution < 1.29 is 14.3 Å². The molecule has 27 heavy (non-hydrogen) atoms. The summed E-state index contributed by atoms with van der Waals surface area (Å²) >= 11 is 0. The second-order valence-corrected chi connectivity index (χ2v) is 6.27. The van der Waals surface area contributed by atoms with Gasteiger partial charge in [-0.1, -0.05) is 30.3 Å². The van der Waals surface area contributed by atoms with Gasteiger partial charge >= 0.3 is 0 Å². The Balaban J connectivity index is 1.47. The first-order valence-corrected chi connectivity index (χ1v) is 8.61. The number of benzene rings is 2. The van der Waals surface area contributed by atoms with E-state index in [1.54, 1.807) is 30.3 Å². The Hall–Kier alpha value is -3.54. The summed E-state index contributed by atoms with van der Waals surface area (Å²) in [6.45, 7) is 0.779. The number of nitrogens with one attached hydrogen (secondary N) is 1. The zero-order chi connectivity index (χ0) is 18.6. The fraction of sp³-hybridized carbons (Fsp3) is 0.143. The molecule has 4 rings (SSSR count). The molecule has 1 aliphatic rings. The molecule has 0 atom stereocenters. The summed E-state index contributed by atoms with van der Waals surface area (Å²) in [6, 6.07) is 18.9. The molecule has 3 aromatic rings. The van der Waals surface area contributed by atoms with Crippen LogP contribution in [0.5, 0.6) is 11.5 Å². The van der Waals surface area contributed by atoms with Gasteiger partial charge in [-0.3, -0.25) is 4.79 Å². The van der Waals surface area contributed by atoms with Crippen molar-refractivity contribution >= 4 is 17.4 Å². The summed E-state index contributed by atoms with van der Waals surface area (Å²) in [5.74, 6) is 1.94. The highest BCUT2D eigenvalue weighted by atomic mass is 16.7. The maximum absolute atomic E-state index is 12.7. The molecular weight excluding hydrogens is 342 g/mol. The lowest BCUT2D eigenvalue weighted by Crippen LogP contribution is -2.26. The van der Waals surface area contributed by atoms with Gasteiger partial charge in [0.15, 0.2) is 11.5 Å². The predicted molar refractivity (Wildman–Crippen MR) is 102 cm³/mol. The van der Waals surface area contributed by atoms with E-state index in [1.165, 1.54) is 0 Å². The molecule has 0 spiro atoms. The van der Waals surface area contributed by atoms with Crippen molar-refractivity contribution in [3.63, 3.8) is 0 Å². The van der Waals surface area contributed by atoms with Gasteiger partial charge in [0, 0.05) is 37.1 Å². The average Bonchev–Trinajstić information content (AvgIpc) is 3.16. The number of hydrogen-bond acceptors (Lipinski definition) is 5. The van der Waals surface area contributed by atoms with Crippen molar-refractivity contribution in [1.29, 1.82) is 0 Å². The molecule has 136 valence electrons. The van der Waals surface area contributed by atoms with Crippen LogP contribution >= 0.6 is 0 Å². The number of amides is 1. The topological polar surface area (TPSA) is 63.7 Å². The third-order valence-electron chi connectivity index (χ3n) is 4.26. The first-order chi connectivity index (χ1) is 13.2. The van der Waals surface area contributed by atoms with Crippen molar-refractivity contribution in [3.05, 3.63) is 78.0 Å². The molecule has 2 aromatic carbocycles. The van der Waals surface area contributed by atoms with Gasteiger partial charge in [0.2, 0.25) is 6.79 Å². The minimum atomic E-state index is -0.0602. The highest BCUT2D eigenvalue weighted by molar-refractivity contribution is 5.94. The van der Waals surface area contributed by atoms with Crippen LogP contribution in [0.2, 0.25) is 0 Å². The molecule has 0 aliphatic carbocycles. The Labute approximate surface area is 157 Å². The van der Waals surface area contributed by atoms with Crippen molar-refractivity contribution in [2.24, 2.45) is 0 Å². The SMILES string of the molecule is CN(Cc1ccccc1)C(=O)c1ccnc(Nc2ccc3c(c2)OCO3)c1. The molecule has 1 amide bonds. The number of carbonyl (C=O) groups excluding carboxylic acids is 1. The minimum Gasteiger partial charge on any atom is -0.454 e. The van der Waals surface area contributed by atoms with Crippen LogP contribution in [0, 0.1) is 0 Å². The number of aromatic nitrogens is 1. The standard InChI is InChI=1S/C21H19N3O3/c1-24(13-15-5-3-2-4-6-15)21(25)16-9-10-22-20(11-16)23-17-7-8-18-19(12-17)27-14-26-18/h2-12H,13-14H2,1H3,(H,22,23). The first kappa shape index (κ1) is 16.9. The molecule has 1 N–H and O–H groups in total. The zero-order valence-electron chi connectivity index (χ0n) is 14.9. The van der Waals surface area contributed by atoms with E-state index in [0.717, 1.165) is 17.0 Å². The largest absolute Gasteiger partial charge is 0.454 e. The van der Waals surface area contributed by atoms with Crippen LogP contribution < -0.4 is 14.8 Å². The number of anilines is 2. The number of pyridine rings is 1. The predicted octanol–water partition coefficient (Wildman–Crippen LogP) is 3.83. The minimum absolute atomic E-state index is 0.0602. The van der Waals surface area contributed by atoms with E-state index in [4.69, 9.17) is 9.47 Å². The fourth-order valence-electron chi connectivity index (χ4n) is 2.90. The molecule has 0 radical (unpaired) electrons. The molecule has 0 saturated carbocycles. The van der Waals surface area contributed by atoms with Crippen LogP contribution in [0.4, 0.5) is 11.5 Å².